The van der Waals surface area contributed by atoms with Gasteiger partial charge in [-0.25, -0.2) is 0 Å². The summed E-state index contributed by atoms with van der Waals surface area (Å²) < 4.78 is 11.1. The molecule has 0 spiro atoms. The van der Waals surface area contributed by atoms with Gasteiger partial charge in [0.15, 0.2) is 0 Å². The molecule has 1 atom stereocenters. The van der Waals surface area contributed by atoms with Gasteiger partial charge in [-0.3, -0.25) is 0 Å². The van der Waals surface area contributed by atoms with Crippen molar-refractivity contribution in [1.29, 1.82) is 0 Å². The van der Waals surface area contributed by atoms with Crippen LogP contribution in [-0.4, -0.2) is 31.9 Å². The minimum Gasteiger partial charge on any atom is -0.496 e. The third-order valence-corrected chi connectivity index (χ3v) is 2.12. The van der Waals surface area contributed by atoms with Crippen molar-refractivity contribution in [2.45, 2.75) is 39.3 Å². The number of likely N-dealkylation sites (N-methyl/N-ethyl adjacent to an activating group) is 1. The van der Waals surface area contributed by atoms with E-state index in [0.29, 0.717) is 6.61 Å². The van der Waals surface area contributed by atoms with Gasteiger partial charge in [0.05, 0.1) is 25.4 Å². The van der Waals surface area contributed by atoms with Crippen LogP contribution in [0, 0.1) is 0 Å². The van der Waals surface area contributed by atoms with Crippen LogP contribution in [0.1, 0.15) is 27.2 Å². The largest absolute Gasteiger partial charge is 0.496 e. The van der Waals surface area contributed by atoms with Gasteiger partial charge in [-0.15, -0.1) is 0 Å². The zero-order chi connectivity index (χ0) is 10.4. The molecule has 1 N–H and O–H groups in total. The van der Waals surface area contributed by atoms with Crippen LogP contribution < -0.4 is 5.32 Å². The molecule has 0 radical (unpaired) electrons. The molecule has 1 aliphatic heterocycles. The number of ether oxygens (including phenoxy) is 2. The number of nitrogens with one attached hydrogen (secondary N) is 1. The summed E-state index contributed by atoms with van der Waals surface area (Å²) in [7, 11) is 0. The summed E-state index contributed by atoms with van der Waals surface area (Å²) in [4.78, 5) is 0. The van der Waals surface area contributed by atoms with E-state index in [-0.39, 0.29) is 12.1 Å². The van der Waals surface area contributed by atoms with Crippen LogP contribution in [0.4, 0.5) is 0 Å². The van der Waals surface area contributed by atoms with Gasteiger partial charge in [0.2, 0.25) is 0 Å². The molecular weight excluding hydrogens is 178 g/mol. The van der Waals surface area contributed by atoms with E-state index in [2.05, 4.69) is 18.3 Å². The van der Waals surface area contributed by atoms with Crippen LogP contribution in [-0.2, 0) is 9.47 Å². The van der Waals surface area contributed by atoms with E-state index in [4.69, 9.17) is 9.47 Å². The lowest BCUT2D eigenvalue weighted by atomic mass is 10.2. The summed E-state index contributed by atoms with van der Waals surface area (Å²) in [6.45, 7) is 8.64. The molecule has 3 heteroatoms. The van der Waals surface area contributed by atoms with Crippen molar-refractivity contribution in [3.63, 3.8) is 0 Å². The molecule has 1 rings (SSSR count). The van der Waals surface area contributed by atoms with E-state index in [1.54, 1.807) is 0 Å². The molecule has 0 aromatic carbocycles. The van der Waals surface area contributed by atoms with Gasteiger partial charge in [-0.2, -0.15) is 0 Å². The first-order chi connectivity index (χ1) is 6.74. The average Bonchev–Trinajstić information content (AvgIpc) is 2.64. The molecule has 0 amide bonds. The summed E-state index contributed by atoms with van der Waals surface area (Å²) in [6, 6.07) is 0.227. The molecule has 1 aliphatic rings. The SMILES string of the molecule is CCNC(COC(C)C)C1=CCCO1. The second kappa shape index (κ2) is 6.04. The van der Waals surface area contributed by atoms with Crippen molar-refractivity contribution < 1.29 is 9.47 Å². The van der Waals surface area contributed by atoms with E-state index in [1.807, 2.05) is 13.8 Å². The Bertz CT molecular complexity index is 190. The number of rotatable bonds is 6. The molecule has 82 valence electrons. The van der Waals surface area contributed by atoms with Gasteiger partial charge in [-0.05, 0) is 26.5 Å². The summed E-state index contributed by atoms with van der Waals surface area (Å²) >= 11 is 0. The highest BCUT2D eigenvalue weighted by Gasteiger charge is 2.18. The summed E-state index contributed by atoms with van der Waals surface area (Å²) in [5.74, 6) is 1.05. The Hall–Kier alpha value is -0.540. The Morgan fingerprint density at radius 2 is 2.36 bits per heavy atom. The molecule has 1 heterocycles. The van der Waals surface area contributed by atoms with Crippen LogP contribution >= 0.6 is 0 Å². The number of hydrogen-bond donors (Lipinski definition) is 1. The van der Waals surface area contributed by atoms with E-state index in [9.17, 15) is 0 Å². The van der Waals surface area contributed by atoms with Crippen LogP contribution in [0.15, 0.2) is 11.8 Å². The quantitative estimate of drug-likeness (QED) is 0.706. The standard InChI is InChI=1S/C11H21NO2/c1-4-12-10(8-14-9(2)3)11-6-5-7-13-11/h6,9-10,12H,4-5,7-8H2,1-3H3. The zero-order valence-corrected chi connectivity index (χ0v) is 9.38. The van der Waals surface area contributed by atoms with Gasteiger partial charge >= 0.3 is 0 Å². The minimum absolute atomic E-state index is 0.227. The van der Waals surface area contributed by atoms with Crippen molar-refractivity contribution in [2.24, 2.45) is 0 Å². The Kier molecular flexibility index (Phi) is 4.98. The molecule has 3 nitrogen and oxygen atoms in total. The predicted molar refractivity (Wildman–Crippen MR) is 57.2 cm³/mol. The first kappa shape index (κ1) is 11.5. The minimum atomic E-state index is 0.227. The molecule has 0 bridgehead atoms. The van der Waals surface area contributed by atoms with Crippen molar-refractivity contribution in [1.82, 2.24) is 5.32 Å². The maximum atomic E-state index is 5.59. The lowest BCUT2D eigenvalue weighted by molar-refractivity contribution is 0.0558. The highest BCUT2D eigenvalue weighted by atomic mass is 16.5. The smallest absolute Gasteiger partial charge is 0.111 e. The summed E-state index contributed by atoms with van der Waals surface area (Å²) in [6.07, 6.45) is 3.45. The topological polar surface area (TPSA) is 30.5 Å². The molecule has 0 aromatic rings. The summed E-state index contributed by atoms with van der Waals surface area (Å²) in [5.41, 5.74) is 0. The summed E-state index contributed by atoms with van der Waals surface area (Å²) in [5, 5.41) is 3.36. The van der Waals surface area contributed by atoms with Gasteiger partial charge < -0.3 is 14.8 Å². The molecule has 1 unspecified atom stereocenters. The van der Waals surface area contributed by atoms with Crippen LogP contribution in [0.2, 0.25) is 0 Å². The van der Waals surface area contributed by atoms with Gasteiger partial charge in [0.25, 0.3) is 0 Å². The highest BCUT2D eigenvalue weighted by Crippen LogP contribution is 2.14. The van der Waals surface area contributed by atoms with Crippen LogP contribution in [0.25, 0.3) is 0 Å². The molecule has 0 aromatic heterocycles. The Morgan fingerprint density at radius 3 is 2.86 bits per heavy atom. The third kappa shape index (κ3) is 3.68. The van der Waals surface area contributed by atoms with E-state index in [0.717, 1.165) is 25.3 Å². The molecule has 0 saturated heterocycles. The second-order valence-corrected chi connectivity index (χ2v) is 3.74. The normalized spacial score (nSPS) is 18.1. The monoisotopic (exact) mass is 199 g/mol. The molecule has 0 saturated carbocycles. The van der Waals surface area contributed by atoms with Gasteiger partial charge in [0.1, 0.15) is 5.76 Å². The van der Waals surface area contributed by atoms with Crippen molar-refractivity contribution in [3.8, 4) is 0 Å². The van der Waals surface area contributed by atoms with E-state index >= 15 is 0 Å². The van der Waals surface area contributed by atoms with Gasteiger partial charge in [-0.1, -0.05) is 6.92 Å². The number of hydrogen-bond acceptors (Lipinski definition) is 3. The van der Waals surface area contributed by atoms with Crippen LogP contribution in [0.5, 0.6) is 0 Å². The molecule has 0 fully saturated rings. The van der Waals surface area contributed by atoms with E-state index in [1.165, 1.54) is 0 Å². The lowest BCUT2D eigenvalue weighted by Crippen LogP contribution is -2.36. The first-order valence-corrected chi connectivity index (χ1v) is 5.42. The fourth-order valence-corrected chi connectivity index (χ4v) is 1.46. The average molecular weight is 199 g/mol. The predicted octanol–water partition coefficient (Wildman–Crippen LogP) is 1.69. The van der Waals surface area contributed by atoms with Crippen molar-refractivity contribution in [2.75, 3.05) is 19.8 Å². The Balaban J connectivity index is 2.37. The zero-order valence-electron chi connectivity index (χ0n) is 9.38. The third-order valence-electron chi connectivity index (χ3n) is 2.12. The van der Waals surface area contributed by atoms with Crippen molar-refractivity contribution >= 4 is 0 Å². The van der Waals surface area contributed by atoms with E-state index < -0.39 is 0 Å². The lowest BCUT2D eigenvalue weighted by Gasteiger charge is -2.20. The fourth-order valence-electron chi connectivity index (χ4n) is 1.46. The second-order valence-electron chi connectivity index (χ2n) is 3.74. The first-order valence-electron chi connectivity index (χ1n) is 5.42. The highest BCUT2D eigenvalue weighted by molar-refractivity contribution is 5.07. The van der Waals surface area contributed by atoms with Gasteiger partial charge in [0, 0.05) is 6.42 Å². The molecule has 0 aliphatic carbocycles. The van der Waals surface area contributed by atoms with Crippen LogP contribution in [0.3, 0.4) is 0 Å². The Morgan fingerprint density at radius 1 is 1.57 bits per heavy atom. The molecule has 14 heavy (non-hydrogen) atoms. The maximum absolute atomic E-state index is 5.59. The fraction of sp³-hybridized carbons (Fsp3) is 0.818. The van der Waals surface area contributed by atoms with Crippen molar-refractivity contribution in [3.05, 3.63) is 11.8 Å². The maximum Gasteiger partial charge on any atom is 0.111 e. The Labute approximate surface area is 86.5 Å². The molecular formula is C11H21NO2.